The fourth-order valence-electron chi connectivity index (χ4n) is 3.34. The molecule has 1 aliphatic rings. The van der Waals surface area contributed by atoms with E-state index in [9.17, 15) is 9.59 Å². The van der Waals surface area contributed by atoms with Gasteiger partial charge in [-0.3, -0.25) is 14.5 Å². The van der Waals surface area contributed by atoms with Crippen molar-refractivity contribution in [3.63, 3.8) is 0 Å². The van der Waals surface area contributed by atoms with Crippen LogP contribution in [0.5, 0.6) is 17.2 Å². The molecule has 0 atom stereocenters. The second kappa shape index (κ2) is 9.99. The van der Waals surface area contributed by atoms with Crippen molar-refractivity contribution < 1.29 is 28.5 Å². The van der Waals surface area contributed by atoms with E-state index in [0.717, 1.165) is 0 Å². The molecule has 2 aromatic carbocycles. The lowest BCUT2D eigenvalue weighted by Gasteiger charge is -2.15. The average molecular weight is 426 g/mol. The van der Waals surface area contributed by atoms with Crippen molar-refractivity contribution in [2.24, 2.45) is 0 Å². The smallest absolute Gasteiger partial charge is 0.278 e. The number of methoxy groups -OCH3 is 4. The van der Waals surface area contributed by atoms with Gasteiger partial charge in [0, 0.05) is 25.9 Å². The molecule has 0 aromatic heterocycles. The van der Waals surface area contributed by atoms with Gasteiger partial charge in [-0.2, -0.15) is 0 Å². The fourth-order valence-corrected chi connectivity index (χ4v) is 3.34. The Hall–Kier alpha value is -3.52. The number of carbonyl (C=O) groups is 2. The normalized spacial score (nSPS) is 13.6. The van der Waals surface area contributed by atoms with E-state index in [2.05, 4.69) is 5.32 Å². The van der Waals surface area contributed by atoms with Crippen LogP contribution in [0, 0.1) is 0 Å². The number of imide groups is 1. The van der Waals surface area contributed by atoms with Crippen molar-refractivity contribution >= 4 is 23.1 Å². The average Bonchev–Trinajstić information content (AvgIpc) is 3.03. The van der Waals surface area contributed by atoms with Crippen molar-refractivity contribution in [3.05, 3.63) is 53.7 Å². The van der Waals surface area contributed by atoms with Gasteiger partial charge in [-0.25, -0.2) is 0 Å². The Bertz CT molecular complexity index is 984. The largest absolute Gasteiger partial charge is 0.497 e. The molecular weight excluding hydrogens is 400 g/mol. The molecule has 2 aromatic rings. The molecule has 31 heavy (non-hydrogen) atoms. The summed E-state index contributed by atoms with van der Waals surface area (Å²) in [6.07, 6.45) is 0.545. The van der Waals surface area contributed by atoms with Crippen LogP contribution >= 0.6 is 0 Å². The van der Waals surface area contributed by atoms with Gasteiger partial charge in [0.15, 0.2) is 11.5 Å². The lowest BCUT2D eigenvalue weighted by Crippen LogP contribution is -2.33. The van der Waals surface area contributed by atoms with E-state index < -0.39 is 0 Å². The molecule has 8 heteroatoms. The first-order valence-corrected chi connectivity index (χ1v) is 9.77. The van der Waals surface area contributed by atoms with Crippen LogP contribution in [0.15, 0.2) is 48.2 Å². The third kappa shape index (κ3) is 4.64. The maximum atomic E-state index is 13.2. The van der Waals surface area contributed by atoms with Gasteiger partial charge >= 0.3 is 0 Å². The monoisotopic (exact) mass is 426 g/mol. The summed E-state index contributed by atoms with van der Waals surface area (Å²) in [5.74, 6) is 0.931. The number of benzene rings is 2. The summed E-state index contributed by atoms with van der Waals surface area (Å²) in [4.78, 5) is 27.6. The minimum absolute atomic E-state index is 0.208. The summed E-state index contributed by atoms with van der Waals surface area (Å²) in [5.41, 5.74) is 1.70. The number of hydrogen-bond donors (Lipinski definition) is 1. The zero-order valence-electron chi connectivity index (χ0n) is 18.1. The van der Waals surface area contributed by atoms with Gasteiger partial charge in [0.25, 0.3) is 11.8 Å². The van der Waals surface area contributed by atoms with Gasteiger partial charge < -0.3 is 24.3 Å². The van der Waals surface area contributed by atoms with Crippen molar-refractivity contribution in [1.82, 2.24) is 4.90 Å². The van der Waals surface area contributed by atoms with Gasteiger partial charge in [0.1, 0.15) is 11.4 Å². The first-order valence-electron chi connectivity index (χ1n) is 9.77. The van der Waals surface area contributed by atoms with E-state index in [-0.39, 0.29) is 29.6 Å². The van der Waals surface area contributed by atoms with E-state index in [1.54, 1.807) is 56.7 Å². The van der Waals surface area contributed by atoms with E-state index in [4.69, 9.17) is 18.9 Å². The van der Waals surface area contributed by atoms with Crippen LogP contribution in [0.25, 0.3) is 5.57 Å². The highest BCUT2D eigenvalue weighted by molar-refractivity contribution is 6.36. The number of nitrogens with one attached hydrogen (secondary N) is 1. The Morgan fingerprint density at radius 3 is 2.16 bits per heavy atom. The van der Waals surface area contributed by atoms with Gasteiger partial charge in [-0.1, -0.05) is 6.07 Å². The van der Waals surface area contributed by atoms with Crippen molar-refractivity contribution in [2.45, 2.75) is 6.42 Å². The van der Waals surface area contributed by atoms with Crippen LogP contribution in [-0.2, 0) is 14.3 Å². The highest BCUT2D eigenvalue weighted by Gasteiger charge is 2.39. The van der Waals surface area contributed by atoms with Crippen LogP contribution in [0.2, 0.25) is 0 Å². The molecule has 0 bridgehead atoms. The Labute approximate surface area is 181 Å². The summed E-state index contributed by atoms with van der Waals surface area (Å²) in [7, 11) is 6.22. The molecule has 0 aliphatic carbocycles. The zero-order valence-corrected chi connectivity index (χ0v) is 18.1. The van der Waals surface area contributed by atoms with Crippen LogP contribution in [0.3, 0.4) is 0 Å². The molecule has 1 heterocycles. The topological polar surface area (TPSA) is 86.3 Å². The van der Waals surface area contributed by atoms with E-state index in [1.165, 1.54) is 19.1 Å². The van der Waals surface area contributed by atoms with Crippen molar-refractivity contribution in [1.29, 1.82) is 0 Å². The molecule has 164 valence electrons. The number of ether oxygens (including phenoxy) is 4. The molecule has 1 N–H and O–H groups in total. The van der Waals surface area contributed by atoms with Gasteiger partial charge in [0.05, 0.1) is 26.9 Å². The minimum Gasteiger partial charge on any atom is -0.497 e. The Morgan fingerprint density at radius 2 is 1.55 bits per heavy atom. The van der Waals surface area contributed by atoms with E-state index in [1.807, 2.05) is 0 Å². The van der Waals surface area contributed by atoms with Gasteiger partial charge in [-0.15, -0.1) is 0 Å². The van der Waals surface area contributed by atoms with E-state index in [0.29, 0.717) is 41.5 Å². The molecule has 8 nitrogen and oxygen atoms in total. The predicted molar refractivity (Wildman–Crippen MR) is 116 cm³/mol. The quantitative estimate of drug-likeness (QED) is 0.462. The molecule has 0 saturated heterocycles. The highest BCUT2D eigenvalue weighted by Crippen LogP contribution is 2.35. The zero-order chi connectivity index (χ0) is 22.4. The molecular formula is C23H26N2O6. The number of rotatable bonds is 10. The minimum atomic E-state index is -0.387. The van der Waals surface area contributed by atoms with Crippen molar-refractivity contribution in [3.8, 4) is 17.2 Å². The molecule has 0 saturated carbocycles. The lowest BCUT2D eigenvalue weighted by molar-refractivity contribution is -0.136. The van der Waals surface area contributed by atoms with Crippen LogP contribution in [0.1, 0.15) is 12.0 Å². The maximum absolute atomic E-state index is 13.2. The lowest BCUT2D eigenvalue weighted by atomic mass is 10.0. The maximum Gasteiger partial charge on any atom is 0.278 e. The molecule has 1 aliphatic heterocycles. The number of hydrogen-bond acceptors (Lipinski definition) is 7. The standard InChI is InChI=1S/C23H26N2O6/c1-28-13-5-12-25-22(26)20(15-6-11-18(30-3)19(14-15)31-4)21(23(25)27)24-16-7-9-17(29-2)10-8-16/h6-11,14,24H,5,12-13H2,1-4H3. The van der Waals surface area contributed by atoms with Crippen molar-refractivity contribution in [2.75, 3.05) is 46.9 Å². The Kier molecular flexibility index (Phi) is 7.15. The summed E-state index contributed by atoms with van der Waals surface area (Å²) in [6.45, 7) is 0.708. The SMILES string of the molecule is COCCCN1C(=O)C(Nc2ccc(OC)cc2)=C(c2ccc(OC)c(OC)c2)C1=O. The summed E-state index contributed by atoms with van der Waals surface area (Å²) < 4.78 is 20.9. The highest BCUT2D eigenvalue weighted by atomic mass is 16.5. The van der Waals surface area contributed by atoms with E-state index >= 15 is 0 Å². The number of nitrogens with zero attached hydrogens (tertiary/aromatic N) is 1. The summed E-state index contributed by atoms with van der Waals surface area (Å²) >= 11 is 0. The second-order valence-corrected chi connectivity index (χ2v) is 6.78. The summed E-state index contributed by atoms with van der Waals surface area (Å²) in [5, 5.41) is 3.12. The Morgan fingerprint density at radius 1 is 0.839 bits per heavy atom. The molecule has 0 radical (unpaired) electrons. The first-order chi connectivity index (χ1) is 15.0. The number of anilines is 1. The summed E-state index contributed by atoms with van der Waals surface area (Å²) in [6, 6.07) is 12.2. The number of carbonyl (C=O) groups excluding carboxylic acids is 2. The predicted octanol–water partition coefficient (Wildman–Crippen LogP) is 2.94. The third-order valence-corrected chi connectivity index (χ3v) is 4.93. The van der Waals surface area contributed by atoms with Gasteiger partial charge in [0.2, 0.25) is 0 Å². The van der Waals surface area contributed by atoms with Crippen LogP contribution in [-0.4, -0.2) is 58.3 Å². The van der Waals surface area contributed by atoms with Crippen LogP contribution < -0.4 is 19.5 Å². The third-order valence-electron chi connectivity index (χ3n) is 4.93. The molecule has 2 amide bonds. The number of amides is 2. The molecule has 0 fully saturated rings. The molecule has 3 rings (SSSR count). The molecule has 0 spiro atoms. The van der Waals surface area contributed by atoms with Gasteiger partial charge in [-0.05, 0) is 48.4 Å². The second-order valence-electron chi connectivity index (χ2n) is 6.78. The fraction of sp³-hybridized carbons (Fsp3) is 0.304. The first kappa shape index (κ1) is 22.2. The Balaban J connectivity index is 2.02. The van der Waals surface area contributed by atoms with Crippen LogP contribution in [0.4, 0.5) is 5.69 Å². The molecule has 0 unspecified atom stereocenters.